The third kappa shape index (κ3) is 4.58. The average molecular weight is 297 g/mol. The Bertz CT molecular complexity index is 470. The summed E-state index contributed by atoms with van der Waals surface area (Å²) in [7, 11) is 3.79. The molecule has 2 aromatic rings. The van der Waals surface area contributed by atoms with Crippen molar-refractivity contribution in [1.29, 1.82) is 0 Å². The molecule has 6 heteroatoms. The minimum atomic E-state index is 0.731. The highest BCUT2D eigenvalue weighted by Gasteiger charge is 2.08. The van der Waals surface area contributed by atoms with Crippen LogP contribution in [0.1, 0.15) is 10.6 Å². The quantitative estimate of drug-likeness (QED) is 0.760. The summed E-state index contributed by atoms with van der Waals surface area (Å²) in [5.74, 6) is 0. The van der Waals surface area contributed by atoms with Crippen molar-refractivity contribution >= 4 is 27.8 Å². The van der Waals surface area contributed by atoms with Gasteiger partial charge in [-0.05, 0) is 11.4 Å². The lowest BCUT2D eigenvalue weighted by Gasteiger charge is -2.14. The van der Waals surface area contributed by atoms with E-state index in [1.807, 2.05) is 0 Å². The van der Waals surface area contributed by atoms with Crippen molar-refractivity contribution in [3.05, 3.63) is 33.5 Å². The van der Waals surface area contributed by atoms with E-state index < -0.39 is 0 Å². The Kier molecular flexibility index (Phi) is 5.78. The molecule has 0 aliphatic heterocycles. The van der Waals surface area contributed by atoms with Gasteiger partial charge in [-0.3, -0.25) is 0 Å². The van der Waals surface area contributed by atoms with Crippen molar-refractivity contribution < 1.29 is 4.74 Å². The van der Waals surface area contributed by atoms with Crippen molar-refractivity contribution in [3.8, 4) is 0 Å². The van der Waals surface area contributed by atoms with Crippen molar-refractivity contribution in [1.82, 2.24) is 10.3 Å². The van der Waals surface area contributed by atoms with Gasteiger partial charge in [0.15, 0.2) is 5.13 Å². The fraction of sp³-hybridized carbons (Fsp3) is 0.462. The van der Waals surface area contributed by atoms with E-state index in [9.17, 15) is 0 Å². The van der Waals surface area contributed by atoms with Gasteiger partial charge < -0.3 is 15.0 Å². The highest BCUT2D eigenvalue weighted by Crippen LogP contribution is 2.22. The van der Waals surface area contributed by atoms with E-state index in [4.69, 9.17) is 4.74 Å². The van der Waals surface area contributed by atoms with Crippen molar-refractivity contribution in [2.24, 2.45) is 0 Å². The topological polar surface area (TPSA) is 37.4 Å². The summed E-state index contributed by atoms with van der Waals surface area (Å²) in [5.41, 5.74) is 1.09. The fourth-order valence-electron chi connectivity index (χ4n) is 1.65. The van der Waals surface area contributed by atoms with Gasteiger partial charge in [-0.25, -0.2) is 4.98 Å². The first-order valence-electron chi connectivity index (χ1n) is 6.17. The van der Waals surface area contributed by atoms with Crippen LogP contribution in [-0.2, 0) is 17.8 Å². The Morgan fingerprint density at radius 2 is 2.32 bits per heavy atom. The second-order valence-corrected chi connectivity index (χ2v) is 6.10. The first kappa shape index (κ1) is 14.5. The van der Waals surface area contributed by atoms with Crippen molar-refractivity contribution in [2.45, 2.75) is 13.1 Å². The van der Waals surface area contributed by atoms with E-state index in [2.05, 4.69) is 45.1 Å². The molecule has 0 bridgehead atoms. The van der Waals surface area contributed by atoms with Gasteiger partial charge in [0.1, 0.15) is 0 Å². The van der Waals surface area contributed by atoms with Gasteiger partial charge in [-0.2, -0.15) is 0 Å². The zero-order valence-electron chi connectivity index (χ0n) is 11.3. The predicted molar refractivity (Wildman–Crippen MR) is 82.1 cm³/mol. The SMILES string of the molecule is COCCNCc1csc(N(C)Cc2cccs2)n1. The van der Waals surface area contributed by atoms with Gasteiger partial charge in [0, 0.05) is 37.5 Å². The molecule has 0 atom stereocenters. The van der Waals surface area contributed by atoms with Crippen molar-refractivity contribution in [3.63, 3.8) is 0 Å². The summed E-state index contributed by atoms with van der Waals surface area (Å²) in [6.45, 7) is 3.30. The lowest BCUT2D eigenvalue weighted by Crippen LogP contribution is -2.19. The summed E-state index contributed by atoms with van der Waals surface area (Å²) in [4.78, 5) is 8.18. The number of aromatic nitrogens is 1. The van der Waals surface area contributed by atoms with E-state index in [0.717, 1.165) is 37.1 Å². The molecule has 2 heterocycles. The Morgan fingerprint density at radius 3 is 3.05 bits per heavy atom. The molecule has 2 rings (SSSR count). The van der Waals surface area contributed by atoms with Crippen LogP contribution in [0.3, 0.4) is 0 Å². The number of nitrogens with one attached hydrogen (secondary N) is 1. The van der Waals surface area contributed by atoms with Crippen LogP contribution in [0.2, 0.25) is 0 Å². The molecule has 4 nitrogen and oxygen atoms in total. The standard InChI is InChI=1S/C13H19N3OS2/c1-16(9-12-4-3-7-18-12)13-15-11(10-19-13)8-14-5-6-17-2/h3-4,7,10,14H,5-6,8-9H2,1-2H3. The molecule has 0 fully saturated rings. The van der Waals surface area contributed by atoms with Crippen molar-refractivity contribution in [2.75, 3.05) is 32.2 Å². The van der Waals surface area contributed by atoms with E-state index in [1.165, 1.54) is 4.88 Å². The molecule has 0 radical (unpaired) electrons. The Morgan fingerprint density at radius 1 is 1.42 bits per heavy atom. The Labute approximate surface area is 122 Å². The highest BCUT2D eigenvalue weighted by atomic mass is 32.1. The molecule has 0 aliphatic carbocycles. The number of ether oxygens (including phenoxy) is 1. The normalized spacial score (nSPS) is 10.8. The summed E-state index contributed by atoms with van der Waals surface area (Å²) in [6.07, 6.45) is 0. The zero-order valence-corrected chi connectivity index (χ0v) is 12.9. The average Bonchev–Trinajstić information content (AvgIpc) is 3.05. The first-order valence-corrected chi connectivity index (χ1v) is 7.93. The molecule has 2 aromatic heterocycles. The van der Waals surface area contributed by atoms with Gasteiger partial charge in [0.2, 0.25) is 0 Å². The number of thiophene rings is 1. The molecule has 19 heavy (non-hydrogen) atoms. The van der Waals surface area contributed by atoms with E-state index >= 15 is 0 Å². The van der Waals surface area contributed by atoms with Crippen LogP contribution >= 0.6 is 22.7 Å². The molecule has 0 aromatic carbocycles. The molecule has 0 saturated heterocycles. The Balaban J connectivity index is 1.82. The summed E-state index contributed by atoms with van der Waals surface area (Å²) >= 11 is 3.47. The molecule has 0 amide bonds. The summed E-state index contributed by atoms with van der Waals surface area (Å²) < 4.78 is 4.99. The molecule has 0 saturated carbocycles. The third-order valence-corrected chi connectivity index (χ3v) is 4.49. The second-order valence-electron chi connectivity index (χ2n) is 4.23. The number of anilines is 1. The molecule has 0 aliphatic rings. The molecular formula is C13H19N3OS2. The number of hydrogen-bond donors (Lipinski definition) is 1. The fourth-order valence-corrected chi connectivity index (χ4v) is 3.20. The van der Waals surface area contributed by atoms with Crippen LogP contribution in [0, 0.1) is 0 Å². The molecule has 104 valence electrons. The monoisotopic (exact) mass is 297 g/mol. The third-order valence-electron chi connectivity index (χ3n) is 2.63. The smallest absolute Gasteiger partial charge is 0.185 e. The van der Waals surface area contributed by atoms with Gasteiger partial charge >= 0.3 is 0 Å². The Hall–Kier alpha value is -0.950. The molecule has 1 N–H and O–H groups in total. The van der Waals surface area contributed by atoms with Crippen LogP contribution in [0.15, 0.2) is 22.9 Å². The van der Waals surface area contributed by atoms with E-state index in [1.54, 1.807) is 29.8 Å². The van der Waals surface area contributed by atoms with Crippen LogP contribution < -0.4 is 10.2 Å². The minimum Gasteiger partial charge on any atom is -0.383 e. The van der Waals surface area contributed by atoms with Gasteiger partial charge in [-0.1, -0.05) is 6.07 Å². The number of methoxy groups -OCH3 is 1. The van der Waals surface area contributed by atoms with Crippen LogP contribution in [-0.4, -0.2) is 32.3 Å². The minimum absolute atomic E-state index is 0.731. The lowest BCUT2D eigenvalue weighted by molar-refractivity contribution is 0.199. The van der Waals surface area contributed by atoms with Gasteiger partial charge in [0.05, 0.1) is 18.8 Å². The van der Waals surface area contributed by atoms with Crippen LogP contribution in [0.5, 0.6) is 0 Å². The van der Waals surface area contributed by atoms with Crippen LogP contribution in [0.4, 0.5) is 5.13 Å². The maximum Gasteiger partial charge on any atom is 0.185 e. The maximum absolute atomic E-state index is 4.99. The largest absolute Gasteiger partial charge is 0.383 e. The number of rotatable bonds is 8. The van der Waals surface area contributed by atoms with E-state index in [-0.39, 0.29) is 0 Å². The summed E-state index contributed by atoms with van der Waals surface area (Å²) in [6, 6.07) is 4.24. The molecule has 0 spiro atoms. The molecule has 0 unspecified atom stereocenters. The maximum atomic E-state index is 4.99. The van der Waals surface area contributed by atoms with Crippen LogP contribution in [0.25, 0.3) is 0 Å². The predicted octanol–water partition coefficient (Wildman–Crippen LogP) is 2.58. The lowest BCUT2D eigenvalue weighted by atomic mass is 10.4. The highest BCUT2D eigenvalue weighted by molar-refractivity contribution is 7.13. The van der Waals surface area contributed by atoms with Gasteiger partial charge in [-0.15, -0.1) is 22.7 Å². The first-order chi connectivity index (χ1) is 9.29. The summed E-state index contributed by atoms with van der Waals surface area (Å²) in [5, 5.41) is 8.59. The number of hydrogen-bond acceptors (Lipinski definition) is 6. The second kappa shape index (κ2) is 7.59. The number of nitrogens with zero attached hydrogens (tertiary/aromatic N) is 2. The molecular weight excluding hydrogens is 278 g/mol. The zero-order chi connectivity index (χ0) is 13.5. The number of thiazole rings is 1. The van der Waals surface area contributed by atoms with E-state index in [0.29, 0.717) is 0 Å². The van der Waals surface area contributed by atoms with Gasteiger partial charge in [0.25, 0.3) is 0 Å².